The number of esters is 1. The van der Waals surface area contributed by atoms with Crippen LogP contribution in [-0.4, -0.2) is 25.5 Å². The molecule has 0 spiro atoms. The highest BCUT2D eigenvalue weighted by molar-refractivity contribution is 5.99. The number of hydrogen-bond donors (Lipinski definition) is 0. The molecule has 0 N–H and O–H groups in total. The summed E-state index contributed by atoms with van der Waals surface area (Å²) in [7, 11) is 1.39. The third-order valence-corrected chi connectivity index (χ3v) is 4.51. The highest BCUT2D eigenvalue weighted by atomic mass is 16.5. The van der Waals surface area contributed by atoms with Crippen LogP contribution in [0.15, 0.2) is 30.4 Å². The van der Waals surface area contributed by atoms with E-state index in [0.717, 1.165) is 43.5 Å². The van der Waals surface area contributed by atoms with Gasteiger partial charge < -0.3 is 9.64 Å². The molecule has 1 amide bonds. The molecule has 1 aliphatic carbocycles. The van der Waals surface area contributed by atoms with Crippen molar-refractivity contribution >= 4 is 17.6 Å². The molecule has 3 rings (SSSR count). The maximum Gasteiger partial charge on any atom is 0.338 e. The summed E-state index contributed by atoms with van der Waals surface area (Å²) in [6.07, 6.45) is 8.68. The van der Waals surface area contributed by atoms with Gasteiger partial charge in [0, 0.05) is 18.7 Å². The predicted octanol–water partition coefficient (Wildman–Crippen LogP) is 3.11. The van der Waals surface area contributed by atoms with Gasteiger partial charge in [0.15, 0.2) is 0 Å². The Labute approximate surface area is 130 Å². The maximum atomic E-state index is 12.6. The van der Waals surface area contributed by atoms with Gasteiger partial charge in [0.2, 0.25) is 5.91 Å². The Balaban J connectivity index is 1.86. The third kappa shape index (κ3) is 2.78. The lowest BCUT2D eigenvalue weighted by Gasteiger charge is -2.31. The number of fused-ring (bicyclic) bond motifs is 1. The number of amides is 1. The standard InChI is InChI=1S/C18H21NO3/c1-22-18(21)15-8-4-10-16-14(15)9-5-11-19(16)17(20)12-13-6-2-3-7-13/h2,4,6,8,10,13H,3,5,7,9,11-12H2,1H3. The molecule has 0 saturated carbocycles. The van der Waals surface area contributed by atoms with Crippen LogP contribution in [0.5, 0.6) is 0 Å². The van der Waals surface area contributed by atoms with Crippen LogP contribution < -0.4 is 4.90 Å². The zero-order valence-electron chi connectivity index (χ0n) is 12.9. The second-order valence-corrected chi connectivity index (χ2v) is 5.91. The monoisotopic (exact) mass is 299 g/mol. The zero-order chi connectivity index (χ0) is 15.5. The van der Waals surface area contributed by atoms with Crippen molar-refractivity contribution in [3.05, 3.63) is 41.5 Å². The summed E-state index contributed by atoms with van der Waals surface area (Å²) in [6, 6.07) is 5.54. The Morgan fingerprint density at radius 3 is 2.95 bits per heavy atom. The van der Waals surface area contributed by atoms with Crippen molar-refractivity contribution in [1.82, 2.24) is 0 Å². The van der Waals surface area contributed by atoms with E-state index in [1.807, 2.05) is 17.0 Å². The number of rotatable bonds is 3. The van der Waals surface area contributed by atoms with E-state index in [1.54, 1.807) is 6.07 Å². The molecule has 1 aromatic rings. The van der Waals surface area contributed by atoms with Crippen molar-refractivity contribution < 1.29 is 14.3 Å². The van der Waals surface area contributed by atoms with E-state index < -0.39 is 0 Å². The second-order valence-electron chi connectivity index (χ2n) is 5.91. The lowest BCUT2D eigenvalue weighted by molar-refractivity contribution is -0.119. The number of nitrogens with zero attached hydrogens (tertiary/aromatic N) is 1. The van der Waals surface area contributed by atoms with Gasteiger partial charge in [0.25, 0.3) is 0 Å². The molecule has 0 radical (unpaired) electrons. The number of carbonyl (C=O) groups excluding carboxylic acids is 2. The number of anilines is 1. The first-order valence-electron chi connectivity index (χ1n) is 7.88. The molecule has 0 saturated heterocycles. The molecule has 1 aromatic carbocycles. The Hall–Kier alpha value is -2.10. The Bertz CT molecular complexity index is 621. The summed E-state index contributed by atoms with van der Waals surface area (Å²) in [5.41, 5.74) is 2.40. The fraction of sp³-hybridized carbons (Fsp3) is 0.444. The summed E-state index contributed by atoms with van der Waals surface area (Å²) >= 11 is 0. The molecule has 1 atom stereocenters. The molecule has 4 nitrogen and oxygen atoms in total. The average molecular weight is 299 g/mol. The average Bonchev–Trinajstić information content (AvgIpc) is 3.05. The first-order valence-corrected chi connectivity index (χ1v) is 7.88. The second kappa shape index (κ2) is 6.34. The van der Waals surface area contributed by atoms with Gasteiger partial charge >= 0.3 is 5.97 Å². The molecule has 1 unspecified atom stereocenters. The number of methoxy groups -OCH3 is 1. The number of ether oxygens (including phenoxy) is 1. The lowest BCUT2D eigenvalue weighted by Crippen LogP contribution is -2.36. The smallest absolute Gasteiger partial charge is 0.338 e. The number of benzene rings is 1. The molecule has 22 heavy (non-hydrogen) atoms. The van der Waals surface area contributed by atoms with Crippen molar-refractivity contribution in [3.8, 4) is 0 Å². The number of allylic oxidation sites excluding steroid dienone is 2. The van der Waals surface area contributed by atoms with E-state index in [-0.39, 0.29) is 11.9 Å². The molecule has 0 aromatic heterocycles. The van der Waals surface area contributed by atoms with E-state index in [9.17, 15) is 9.59 Å². The van der Waals surface area contributed by atoms with Crippen LogP contribution in [0.2, 0.25) is 0 Å². The van der Waals surface area contributed by atoms with Crippen molar-refractivity contribution in [2.45, 2.75) is 32.1 Å². The van der Waals surface area contributed by atoms with Crippen LogP contribution >= 0.6 is 0 Å². The van der Waals surface area contributed by atoms with Gasteiger partial charge in [0.05, 0.1) is 12.7 Å². The van der Waals surface area contributed by atoms with Crippen LogP contribution in [-0.2, 0) is 16.0 Å². The predicted molar refractivity (Wildman–Crippen MR) is 84.9 cm³/mol. The minimum absolute atomic E-state index is 0.152. The summed E-state index contributed by atoms with van der Waals surface area (Å²) < 4.78 is 4.85. The van der Waals surface area contributed by atoms with Crippen molar-refractivity contribution in [2.24, 2.45) is 5.92 Å². The third-order valence-electron chi connectivity index (χ3n) is 4.51. The van der Waals surface area contributed by atoms with Crippen LogP contribution in [0.4, 0.5) is 5.69 Å². The van der Waals surface area contributed by atoms with Crippen molar-refractivity contribution in [3.63, 3.8) is 0 Å². The summed E-state index contributed by atoms with van der Waals surface area (Å²) in [5.74, 6) is 0.186. The molecule has 0 fully saturated rings. The molecule has 116 valence electrons. The topological polar surface area (TPSA) is 46.6 Å². The zero-order valence-corrected chi connectivity index (χ0v) is 12.9. The SMILES string of the molecule is COC(=O)c1cccc2c1CCCN2C(=O)CC1C=CCC1. The molecule has 4 heteroatoms. The van der Waals surface area contributed by atoms with Crippen LogP contribution in [0.3, 0.4) is 0 Å². The van der Waals surface area contributed by atoms with Gasteiger partial charge in [-0.2, -0.15) is 0 Å². The van der Waals surface area contributed by atoms with Crippen LogP contribution in [0.1, 0.15) is 41.6 Å². The summed E-state index contributed by atoms with van der Waals surface area (Å²) in [5, 5.41) is 0. The lowest BCUT2D eigenvalue weighted by atomic mass is 9.95. The summed E-state index contributed by atoms with van der Waals surface area (Å²) in [6.45, 7) is 0.729. The molecule has 0 bridgehead atoms. The Morgan fingerprint density at radius 1 is 1.36 bits per heavy atom. The minimum Gasteiger partial charge on any atom is -0.465 e. The van der Waals surface area contributed by atoms with E-state index in [0.29, 0.717) is 17.9 Å². The highest BCUT2D eigenvalue weighted by Gasteiger charge is 2.27. The first-order chi connectivity index (χ1) is 10.7. The Kier molecular flexibility index (Phi) is 4.27. The fourth-order valence-electron chi connectivity index (χ4n) is 3.38. The first kappa shape index (κ1) is 14.8. The number of carbonyl (C=O) groups is 2. The maximum absolute atomic E-state index is 12.6. The van der Waals surface area contributed by atoms with E-state index in [4.69, 9.17) is 4.74 Å². The quantitative estimate of drug-likeness (QED) is 0.636. The van der Waals surface area contributed by atoms with Crippen LogP contribution in [0, 0.1) is 5.92 Å². The van der Waals surface area contributed by atoms with Gasteiger partial charge in [-0.05, 0) is 49.3 Å². The van der Waals surface area contributed by atoms with E-state index >= 15 is 0 Å². The van der Waals surface area contributed by atoms with Crippen LogP contribution in [0.25, 0.3) is 0 Å². The normalized spacial score (nSPS) is 19.9. The van der Waals surface area contributed by atoms with Gasteiger partial charge in [-0.1, -0.05) is 18.2 Å². The highest BCUT2D eigenvalue weighted by Crippen LogP contribution is 2.32. The van der Waals surface area contributed by atoms with Crippen molar-refractivity contribution in [2.75, 3.05) is 18.6 Å². The van der Waals surface area contributed by atoms with Gasteiger partial charge in [-0.15, -0.1) is 0 Å². The largest absolute Gasteiger partial charge is 0.465 e. The van der Waals surface area contributed by atoms with Gasteiger partial charge in [-0.25, -0.2) is 4.79 Å². The Morgan fingerprint density at radius 2 is 2.23 bits per heavy atom. The van der Waals surface area contributed by atoms with Crippen molar-refractivity contribution in [1.29, 1.82) is 0 Å². The molecular formula is C18H21NO3. The molecule has 1 aliphatic heterocycles. The summed E-state index contributed by atoms with van der Waals surface area (Å²) in [4.78, 5) is 26.4. The van der Waals surface area contributed by atoms with Gasteiger partial charge in [-0.3, -0.25) is 4.79 Å². The minimum atomic E-state index is -0.329. The molecule has 1 heterocycles. The van der Waals surface area contributed by atoms with E-state index in [2.05, 4.69) is 12.2 Å². The van der Waals surface area contributed by atoms with E-state index in [1.165, 1.54) is 7.11 Å². The molecular weight excluding hydrogens is 278 g/mol. The fourth-order valence-corrected chi connectivity index (χ4v) is 3.38. The van der Waals surface area contributed by atoms with Gasteiger partial charge in [0.1, 0.15) is 0 Å². The molecule has 2 aliphatic rings. The number of hydrogen-bond acceptors (Lipinski definition) is 3.